The van der Waals surface area contributed by atoms with Crippen molar-refractivity contribution in [3.8, 4) is 11.5 Å². The third-order valence-electron chi connectivity index (χ3n) is 2.53. The van der Waals surface area contributed by atoms with E-state index in [1.165, 1.54) is 0 Å². The van der Waals surface area contributed by atoms with Gasteiger partial charge in [0.25, 0.3) is 0 Å². The van der Waals surface area contributed by atoms with Crippen LogP contribution in [0.5, 0.6) is 0 Å². The normalized spacial score (nSPS) is 11.1. The summed E-state index contributed by atoms with van der Waals surface area (Å²) in [7, 11) is 0. The van der Waals surface area contributed by atoms with E-state index in [0.717, 1.165) is 5.69 Å². The van der Waals surface area contributed by atoms with Gasteiger partial charge in [0.05, 0.1) is 0 Å². The second-order valence-corrected chi connectivity index (χ2v) is 4.61. The Balaban J connectivity index is 2.22. The van der Waals surface area contributed by atoms with Crippen molar-refractivity contribution in [2.24, 2.45) is 5.84 Å². The number of hydrogen-bond acceptors (Lipinski definition) is 5. The molecule has 3 rings (SSSR count). The Labute approximate surface area is 111 Å². The van der Waals surface area contributed by atoms with Gasteiger partial charge in [0.1, 0.15) is 11.5 Å². The van der Waals surface area contributed by atoms with Gasteiger partial charge in [-0.15, -0.1) is 0 Å². The highest BCUT2D eigenvalue weighted by Crippen LogP contribution is 2.25. The summed E-state index contributed by atoms with van der Waals surface area (Å²) in [4.78, 5) is 4.39. The Hall–Kier alpha value is -1.86. The lowest BCUT2D eigenvalue weighted by atomic mass is 10.3. The maximum Gasteiger partial charge on any atom is 0.169 e. The second kappa shape index (κ2) is 4.11. The molecule has 0 unspecified atom stereocenters. The van der Waals surface area contributed by atoms with Crippen molar-refractivity contribution in [3.05, 3.63) is 34.6 Å². The van der Waals surface area contributed by atoms with Crippen LogP contribution < -0.4 is 11.3 Å². The smallest absolute Gasteiger partial charge is 0.169 e. The first kappa shape index (κ1) is 11.2. The number of aryl methyl sites for hydroxylation is 1. The average molecular weight is 308 g/mol. The average Bonchev–Trinajstić information content (AvgIpc) is 2.93. The Morgan fingerprint density at radius 3 is 2.89 bits per heavy atom. The number of anilines is 1. The van der Waals surface area contributed by atoms with Crippen LogP contribution in [0.1, 0.15) is 5.69 Å². The molecule has 7 heteroatoms. The first-order valence-electron chi connectivity index (χ1n) is 5.27. The fourth-order valence-electron chi connectivity index (χ4n) is 1.78. The van der Waals surface area contributed by atoms with Crippen LogP contribution in [0.2, 0.25) is 0 Å². The van der Waals surface area contributed by atoms with Crippen LogP contribution in [0.3, 0.4) is 0 Å². The number of furan rings is 1. The monoisotopic (exact) mass is 307 g/mol. The molecule has 18 heavy (non-hydrogen) atoms. The maximum atomic E-state index is 5.47. The number of nitrogen functional groups attached to an aromatic ring is 1. The summed E-state index contributed by atoms with van der Waals surface area (Å²) in [6.45, 7) is 1.90. The van der Waals surface area contributed by atoms with Crippen LogP contribution >= 0.6 is 15.9 Å². The van der Waals surface area contributed by atoms with Crippen LogP contribution in [0, 0.1) is 6.92 Å². The molecule has 92 valence electrons. The number of nitrogens with two attached hydrogens (primary N) is 1. The summed E-state index contributed by atoms with van der Waals surface area (Å²) in [5.41, 5.74) is 4.88. The van der Waals surface area contributed by atoms with Crippen LogP contribution in [0.25, 0.3) is 17.1 Å². The quantitative estimate of drug-likeness (QED) is 0.561. The third-order valence-corrected chi connectivity index (χ3v) is 2.95. The van der Waals surface area contributed by atoms with Crippen molar-refractivity contribution in [1.82, 2.24) is 14.6 Å². The highest BCUT2D eigenvalue weighted by atomic mass is 79.9. The number of hydrazine groups is 1. The van der Waals surface area contributed by atoms with E-state index < -0.39 is 0 Å². The summed E-state index contributed by atoms with van der Waals surface area (Å²) in [6, 6.07) is 7.33. The van der Waals surface area contributed by atoms with E-state index in [0.29, 0.717) is 27.6 Å². The lowest BCUT2D eigenvalue weighted by molar-refractivity contribution is 0.553. The maximum absolute atomic E-state index is 5.47. The van der Waals surface area contributed by atoms with Crippen molar-refractivity contribution >= 4 is 27.4 Å². The summed E-state index contributed by atoms with van der Waals surface area (Å²) < 4.78 is 7.76. The number of nitrogens with zero attached hydrogens (tertiary/aromatic N) is 3. The van der Waals surface area contributed by atoms with Crippen molar-refractivity contribution in [1.29, 1.82) is 0 Å². The number of hydrogen-bond donors (Lipinski definition) is 2. The molecule has 0 aliphatic heterocycles. The molecule has 3 heterocycles. The molecule has 3 aromatic rings. The van der Waals surface area contributed by atoms with Crippen molar-refractivity contribution in [2.75, 3.05) is 5.43 Å². The molecule has 0 aliphatic carbocycles. The fourth-order valence-corrected chi connectivity index (χ4v) is 2.08. The Kier molecular flexibility index (Phi) is 2.57. The van der Waals surface area contributed by atoms with Crippen LogP contribution in [-0.2, 0) is 0 Å². The lowest BCUT2D eigenvalue weighted by Crippen LogP contribution is -2.12. The van der Waals surface area contributed by atoms with Gasteiger partial charge in [0.2, 0.25) is 0 Å². The number of nitrogens with one attached hydrogen (secondary N) is 1. The van der Waals surface area contributed by atoms with Gasteiger partial charge in [-0.2, -0.15) is 9.61 Å². The van der Waals surface area contributed by atoms with Gasteiger partial charge >= 0.3 is 0 Å². The molecule has 0 saturated carbocycles. The Morgan fingerprint density at radius 1 is 1.39 bits per heavy atom. The SMILES string of the molecule is Cc1cc(NN)n2nc(-c3ccc(Br)o3)cc2n1. The van der Waals surface area contributed by atoms with E-state index in [-0.39, 0.29) is 0 Å². The van der Waals surface area contributed by atoms with Gasteiger partial charge in [-0.1, -0.05) is 0 Å². The summed E-state index contributed by atoms with van der Waals surface area (Å²) in [5, 5.41) is 4.41. The van der Waals surface area contributed by atoms with Gasteiger partial charge in [-0.25, -0.2) is 10.8 Å². The predicted octanol–water partition coefficient (Wildman–Crippen LogP) is 2.35. The van der Waals surface area contributed by atoms with E-state index in [2.05, 4.69) is 31.4 Å². The molecule has 3 aromatic heterocycles. The minimum absolute atomic E-state index is 0.663. The molecule has 0 atom stereocenters. The summed E-state index contributed by atoms with van der Waals surface area (Å²) in [6.07, 6.45) is 0. The third kappa shape index (κ3) is 1.77. The van der Waals surface area contributed by atoms with E-state index in [1.807, 2.05) is 31.2 Å². The zero-order valence-electron chi connectivity index (χ0n) is 9.51. The molecule has 0 aromatic carbocycles. The van der Waals surface area contributed by atoms with Crippen molar-refractivity contribution in [3.63, 3.8) is 0 Å². The van der Waals surface area contributed by atoms with E-state index in [9.17, 15) is 0 Å². The van der Waals surface area contributed by atoms with Gasteiger partial charge < -0.3 is 9.84 Å². The minimum atomic E-state index is 0.663. The molecule has 0 radical (unpaired) electrons. The number of aromatic nitrogens is 3. The molecule has 0 saturated heterocycles. The Morgan fingerprint density at radius 2 is 2.22 bits per heavy atom. The minimum Gasteiger partial charge on any atom is -0.448 e. The topological polar surface area (TPSA) is 81.4 Å². The van der Waals surface area contributed by atoms with E-state index in [1.54, 1.807) is 4.52 Å². The summed E-state index contributed by atoms with van der Waals surface area (Å²) in [5.74, 6) is 6.82. The highest BCUT2D eigenvalue weighted by molar-refractivity contribution is 9.10. The van der Waals surface area contributed by atoms with Crippen LogP contribution in [0.4, 0.5) is 5.82 Å². The molecule has 0 aliphatic rings. The van der Waals surface area contributed by atoms with E-state index in [4.69, 9.17) is 10.3 Å². The predicted molar refractivity (Wildman–Crippen MR) is 70.9 cm³/mol. The van der Waals surface area contributed by atoms with Crippen LogP contribution in [-0.4, -0.2) is 14.6 Å². The van der Waals surface area contributed by atoms with Crippen molar-refractivity contribution in [2.45, 2.75) is 6.92 Å². The zero-order valence-corrected chi connectivity index (χ0v) is 11.1. The number of halogens is 1. The molecular weight excluding hydrogens is 298 g/mol. The molecule has 0 bridgehead atoms. The van der Waals surface area contributed by atoms with Crippen LogP contribution in [0.15, 0.2) is 33.4 Å². The summed E-state index contributed by atoms with van der Waals surface area (Å²) >= 11 is 3.26. The fraction of sp³-hybridized carbons (Fsp3) is 0.0909. The molecular formula is C11H10BrN5O. The lowest BCUT2D eigenvalue weighted by Gasteiger charge is -2.03. The molecule has 0 fully saturated rings. The second-order valence-electron chi connectivity index (χ2n) is 3.83. The van der Waals surface area contributed by atoms with Gasteiger partial charge in [-0.05, 0) is 35.0 Å². The van der Waals surface area contributed by atoms with Gasteiger partial charge in [0.15, 0.2) is 16.1 Å². The zero-order chi connectivity index (χ0) is 12.7. The van der Waals surface area contributed by atoms with Gasteiger partial charge in [-0.3, -0.25) is 0 Å². The largest absolute Gasteiger partial charge is 0.448 e. The molecule has 0 amide bonds. The number of rotatable bonds is 2. The van der Waals surface area contributed by atoms with E-state index >= 15 is 0 Å². The Bertz CT molecular complexity index is 717. The molecule has 3 N–H and O–H groups in total. The molecule has 0 spiro atoms. The van der Waals surface area contributed by atoms with Gasteiger partial charge in [0, 0.05) is 17.8 Å². The van der Waals surface area contributed by atoms with Crippen molar-refractivity contribution < 1.29 is 4.42 Å². The number of fused-ring (bicyclic) bond motifs is 1. The first-order chi connectivity index (χ1) is 8.67. The first-order valence-corrected chi connectivity index (χ1v) is 6.06. The molecule has 6 nitrogen and oxygen atoms in total. The highest BCUT2D eigenvalue weighted by Gasteiger charge is 2.11. The standard InChI is InChI=1S/C11H10BrN5O/c1-6-4-11(15-13)17-10(14-6)5-7(16-17)8-2-3-9(12)18-8/h2-5,15H,13H2,1H3.